The fourth-order valence-corrected chi connectivity index (χ4v) is 6.51. The van der Waals surface area contributed by atoms with Crippen LogP contribution < -0.4 is 5.32 Å². The molecule has 1 N–H and O–H groups in total. The molecular formula is C26H28N6O4S. The second kappa shape index (κ2) is 9.91. The van der Waals surface area contributed by atoms with Gasteiger partial charge in [-0.2, -0.15) is 4.31 Å². The number of carbonyl (C=O) groups is 1. The van der Waals surface area contributed by atoms with Gasteiger partial charge in [-0.05, 0) is 70.0 Å². The number of nitrogens with zero attached hydrogens (tertiary/aromatic N) is 5. The number of aromatic nitrogens is 4. The highest BCUT2D eigenvalue weighted by Crippen LogP contribution is 2.33. The Hall–Kier alpha value is -3.83. The third-order valence-corrected chi connectivity index (χ3v) is 8.79. The average Bonchev–Trinajstić information content (AvgIpc) is 3.54. The summed E-state index contributed by atoms with van der Waals surface area (Å²) in [6, 6.07) is 11.1. The van der Waals surface area contributed by atoms with Crippen molar-refractivity contribution in [3.8, 4) is 5.69 Å². The van der Waals surface area contributed by atoms with Crippen LogP contribution in [0.1, 0.15) is 52.0 Å². The maximum atomic E-state index is 13.3. The molecular weight excluding hydrogens is 492 g/mol. The standard InChI is InChI=1S/C26H28N6O4S/c1-17-4-9-23(26(33)29-21-5-7-22(8-6-21)31-15-12-27-16-31)24(28-17)20-10-13-32(14-11-20)37(34,35)25-18(2)30-36-19(25)3/h4-9,12,15-16,20H,10-11,13-14H2,1-3H3,(H,29,33). The second-order valence-corrected chi connectivity index (χ2v) is 11.1. The van der Waals surface area contributed by atoms with Gasteiger partial charge in [0.25, 0.3) is 5.91 Å². The fourth-order valence-electron chi connectivity index (χ4n) is 4.75. The maximum absolute atomic E-state index is 13.3. The molecule has 0 saturated carbocycles. The topological polar surface area (TPSA) is 123 Å². The second-order valence-electron chi connectivity index (χ2n) is 9.19. The number of nitrogens with one attached hydrogen (secondary N) is 1. The van der Waals surface area contributed by atoms with Gasteiger partial charge >= 0.3 is 0 Å². The molecule has 192 valence electrons. The summed E-state index contributed by atoms with van der Waals surface area (Å²) in [5.41, 5.74) is 3.96. The first kappa shape index (κ1) is 24.8. The molecule has 1 fully saturated rings. The van der Waals surface area contributed by atoms with Crippen molar-refractivity contribution in [1.29, 1.82) is 0 Å². The van der Waals surface area contributed by atoms with Crippen molar-refractivity contribution in [1.82, 2.24) is 24.0 Å². The maximum Gasteiger partial charge on any atom is 0.257 e. The Morgan fingerprint density at radius 3 is 2.41 bits per heavy atom. The van der Waals surface area contributed by atoms with Crippen molar-refractivity contribution >= 4 is 21.6 Å². The van der Waals surface area contributed by atoms with Crippen LogP contribution in [-0.2, 0) is 10.0 Å². The summed E-state index contributed by atoms with van der Waals surface area (Å²) in [6.07, 6.45) is 6.38. The Bertz CT molecular complexity index is 1500. The van der Waals surface area contributed by atoms with Crippen LogP contribution in [0, 0.1) is 20.8 Å². The third-order valence-electron chi connectivity index (χ3n) is 6.64. The number of amides is 1. The van der Waals surface area contributed by atoms with Gasteiger partial charge in [0.15, 0.2) is 5.76 Å². The molecule has 0 unspecified atom stereocenters. The molecule has 0 aliphatic carbocycles. The number of anilines is 1. The Labute approximate surface area is 215 Å². The van der Waals surface area contributed by atoms with Gasteiger partial charge in [-0.3, -0.25) is 9.78 Å². The van der Waals surface area contributed by atoms with Crippen LogP contribution in [-0.4, -0.2) is 51.4 Å². The molecule has 11 heteroatoms. The number of rotatable bonds is 6. The van der Waals surface area contributed by atoms with Crippen molar-refractivity contribution in [2.75, 3.05) is 18.4 Å². The minimum absolute atomic E-state index is 0.0413. The lowest BCUT2D eigenvalue weighted by Gasteiger charge is -2.31. The number of benzene rings is 1. The molecule has 1 aliphatic heterocycles. The van der Waals surface area contributed by atoms with E-state index in [1.165, 1.54) is 4.31 Å². The van der Waals surface area contributed by atoms with E-state index in [0.717, 1.165) is 11.4 Å². The van der Waals surface area contributed by atoms with Crippen LogP contribution in [0.15, 0.2) is 64.5 Å². The zero-order chi connectivity index (χ0) is 26.2. The SMILES string of the molecule is Cc1ccc(C(=O)Nc2ccc(-n3ccnc3)cc2)c(C2CCN(S(=O)(=O)c3c(C)noc3C)CC2)n1. The molecule has 1 saturated heterocycles. The van der Waals surface area contributed by atoms with E-state index in [1.54, 1.807) is 32.4 Å². The molecule has 0 spiro atoms. The molecule has 1 aliphatic rings. The first-order chi connectivity index (χ1) is 17.7. The fraction of sp³-hybridized carbons (Fsp3) is 0.308. The van der Waals surface area contributed by atoms with E-state index in [1.807, 2.05) is 48.0 Å². The average molecular weight is 521 g/mol. The van der Waals surface area contributed by atoms with Gasteiger partial charge in [0, 0.05) is 48.5 Å². The van der Waals surface area contributed by atoms with Crippen LogP contribution in [0.4, 0.5) is 5.69 Å². The van der Waals surface area contributed by atoms with Crippen LogP contribution in [0.2, 0.25) is 0 Å². The molecule has 3 aromatic heterocycles. The lowest BCUT2D eigenvalue weighted by Crippen LogP contribution is -2.38. The van der Waals surface area contributed by atoms with Gasteiger partial charge in [0.05, 0.1) is 17.6 Å². The lowest BCUT2D eigenvalue weighted by molar-refractivity contribution is 0.102. The van der Waals surface area contributed by atoms with Crippen LogP contribution in [0.5, 0.6) is 0 Å². The number of sulfonamides is 1. The molecule has 0 atom stereocenters. The number of pyridine rings is 1. The molecule has 1 amide bonds. The summed E-state index contributed by atoms with van der Waals surface area (Å²) >= 11 is 0. The number of aryl methyl sites for hydroxylation is 3. The number of hydrogen-bond acceptors (Lipinski definition) is 7. The van der Waals surface area contributed by atoms with Gasteiger partial charge in [-0.15, -0.1) is 0 Å². The number of imidazole rings is 1. The molecule has 0 radical (unpaired) electrons. The van der Waals surface area contributed by atoms with Crippen molar-refractivity contribution in [3.05, 3.63) is 83.5 Å². The highest BCUT2D eigenvalue weighted by molar-refractivity contribution is 7.89. The third kappa shape index (κ3) is 4.92. The summed E-state index contributed by atoms with van der Waals surface area (Å²) < 4.78 is 34.8. The van der Waals surface area contributed by atoms with Crippen molar-refractivity contribution in [2.24, 2.45) is 0 Å². The summed E-state index contributed by atoms with van der Waals surface area (Å²) in [5.74, 6) is 0.000953. The molecule has 4 heterocycles. The molecule has 1 aromatic carbocycles. The van der Waals surface area contributed by atoms with E-state index < -0.39 is 10.0 Å². The normalized spacial score (nSPS) is 15.1. The summed E-state index contributed by atoms with van der Waals surface area (Å²) in [7, 11) is -3.71. The van der Waals surface area contributed by atoms with Gasteiger partial charge in [-0.25, -0.2) is 13.4 Å². The Kier molecular flexibility index (Phi) is 6.65. The lowest BCUT2D eigenvalue weighted by atomic mass is 9.90. The van der Waals surface area contributed by atoms with E-state index >= 15 is 0 Å². The highest BCUT2D eigenvalue weighted by Gasteiger charge is 2.35. The Morgan fingerprint density at radius 2 is 1.78 bits per heavy atom. The van der Waals surface area contributed by atoms with Crippen molar-refractivity contribution < 1.29 is 17.7 Å². The molecule has 4 aromatic rings. The van der Waals surface area contributed by atoms with Gasteiger partial charge in [0.1, 0.15) is 10.6 Å². The molecule has 5 rings (SSSR count). The zero-order valence-electron chi connectivity index (χ0n) is 20.9. The first-order valence-electron chi connectivity index (χ1n) is 12.0. The minimum Gasteiger partial charge on any atom is -0.360 e. The Balaban J connectivity index is 1.31. The van der Waals surface area contributed by atoms with Gasteiger partial charge < -0.3 is 14.4 Å². The molecule has 37 heavy (non-hydrogen) atoms. The van der Waals surface area contributed by atoms with Crippen molar-refractivity contribution in [3.63, 3.8) is 0 Å². The summed E-state index contributed by atoms with van der Waals surface area (Å²) in [5, 5.41) is 6.76. The Morgan fingerprint density at radius 1 is 1.05 bits per heavy atom. The number of hydrogen-bond donors (Lipinski definition) is 1. The quantitative estimate of drug-likeness (QED) is 0.408. The summed E-state index contributed by atoms with van der Waals surface area (Å²) in [6.45, 7) is 5.76. The predicted molar refractivity (Wildman–Crippen MR) is 137 cm³/mol. The van der Waals surface area contributed by atoms with E-state index in [0.29, 0.717) is 48.6 Å². The van der Waals surface area contributed by atoms with Crippen molar-refractivity contribution in [2.45, 2.75) is 44.4 Å². The van der Waals surface area contributed by atoms with Crippen LogP contribution in [0.25, 0.3) is 5.69 Å². The van der Waals surface area contributed by atoms with E-state index in [2.05, 4.69) is 15.5 Å². The van der Waals surface area contributed by atoms with Gasteiger partial charge in [-0.1, -0.05) is 5.16 Å². The number of carbonyl (C=O) groups excluding carboxylic acids is 1. The van der Waals surface area contributed by atoms with Gasteiger partial charge in [0.2, 0.25) is 10.0 Å². The largest absolute Gasteiger partial charge is 0.360 e. The predicted octanol–water partition coefficient (Wildman–Crippen LogP) is 4.00. The van der Waals surface area contributed by atoms with Crippen LogP contribution >= 0.6 is 0 Å². The van der Waals surface area contributed by atoms with Crippen LogP contribution in [0.3, 0.4) is 0 Å². The smallest absolute Gasteiger partial charge is 0.257 e. The summed E-state index contributed by atoms with van der Waals surface area (Å²) in [4.78, 5) is 22.2. The van der Waals surface area contributed by atoms with E-state index in [4.69, 9.17) is 9.51 Å². The first-order valence-corrected chi connectivity index (χ1v) is 13.5. The van der Waals surface area contributed by atoms with E-state index in [-0.39, 0.29) is 22.5 Å². The number of piperidine rings is 1. The van der Waals surface area contributed by atoms with E-state index in [9.17, 15) is 13.2 Å². The highest BCUT2D eigenvalue weighted by atomic mass is 32.2. The molecule has 0 bridgehead atoms. The molecule has 10 nitrogen and oxygen atoms in total. The minimum atomic E-state index is -3.71. The monoisotopic (exact) mass is 520 g/mol. The zero-order valence-corrected chi connectivity index (χ0v) is 21.7.